The Morgan fingerprint density at radius 3 is 2.89 bits per heavy atom. The maximum atomic E-state index is 12.5. The van der Waals surface area contributed by atoms with Crippen molar-refractivity contribution in [3.63, 3.8) is 0 Å². The molecular weight excluding hydrogens is 356 g/mol. The summed E-state index contributed by atoms with van der Waals surface area (Å²) in [6, 6.07) is 6.49. The van der Waals surface area contributed by atoms with E-state index in [1.807, 2.05) is 18.2 Å². The van der Waals surface area contributed by atoms with E-state index in [2.05, 4.69) is 15.2 Å². The predicted octanol–water partition coefficient (Wildman–Crippen LogP) is 2.98. The first-order valence-electron chi connectivity index (χ1n) is 10.3. The number of furan rings is 1. The highest BCUT2D eigenvalue weighted by atomic mass is 16.3. The summed E-state index contributed by atoms with van der Waals surface area (Å²) in [6.45, 7) is 1.95. The summed E-state index contributed by atoms with van der Waals surface area (Å²) in [6.07, 6.45) is 6.76. The van der Waals surface area contributed by atoms with Crippen LogP contribution in [0.15, 0.2) is 27.4 Å². The summed E-state index contributed by atoms with van der Waals surface area (Å²) in [7, 11) is 0. The number of rotatable bonds is 4. The lowest BCUT2D eigenvalue weighted by Crippen LogP contribution is -2.24. The van der Waals surface area contributed by atoms with Crippen LogP contribution in [0.5, 0.6) is 0 Å². The Hall–Kier alpha value is -2.38. The van der Waals surface area contributed by atoms with Crippen LogP contribution in [0.3, 0.4) is 0 Å². The van der Waals surface area contributed by atoms with Gasteiger partial charge in [-0.25, -0.2) is 4.98 Å². The number of likely N-dealkylation sites (tertiary alicyclic amines) is 1. The normalized spacial score (nSPS) is 21.7. The van der Waals surface area contributed by atoms with E-state index in [9.17, 15) is 9.90 Å². The van der Waals surface area contributed by atoms with E-state index in [0.29, 0.717) is 36.1 Å². The quantitative estimate of drug-likeness (QED) is 0.642. The van der Waals surface area contributed by atoms with Crippen LogP contribution in [0, 0.1) is 0 Å². The van der Waals surface area contributed by atoms with Gasteiger partial charge in [0.2, 0.25) is 5.58 Å². The molecule has 1 aliphatic carbocycles. The molecule has 3 heterocycles. The van der Waals surface area contributed by atoms with E-state index in [1.165, 1.54) is 32.1 Å². The summed E-state index contributed by atoms with van der Waals surface area (Å²) >= 11 is 0. The predicted molar refractivity (Wildman–Crippen MR) is 109 cm³/mol. The first-order chi connectivity index (χ1) is 13.7. The molecule has 7 heteroatoms. The fourth-order valence-corrected chi connectivity index (χ4v) is 4.52. The second-order valence-electron chi connectivity index (χ2n) is 8.16. The van der Waals surface area contributed by atoms with Gasteiger partial charge in [0.25, 0.3) is 5.56 Å². The molecule has 0 amide bonds. The second kappa shape index (κ2) is 7.22. The van der Waals surface area contributed by atoms with Crippen molar-refractivity contribution >= 4 is 27.8 Å². The maximum Gasteiger partial charge on any atom is 0.294 e. The number of nitrogens with one attached hydrogen (secondary N) is 2. The number of hydrogen-bond donors (Lipinski definition) is 3. The molecule has 2 aliphatic rings. The Labute approximate surface area is 162 Å². The number of benzene rings is 1. The molecule has 0 radical (unpaired) electrons. The highest BCUT2D eigenvalue weighted by Crippen LogP contribution is 2.29. The number of aromatic amines is 1. The summed E-state index contributed by atoms with van der Waals surface area (Å²) in [5.74, 6) is 0.611. The SMILES string of the molecule is O=c1[nH]c(CN2CC[C@H](O)C2)nc2c1oc1ccc(NC3CCCCC3)cc12. The third-order valence-corrected chi connectivity index (χ3v) is 5.97. The van der Waals surface area contributed by atoms with Gasteiger partial charge in [-0.3, -0.25) is 9.69 Å². The molecule has 5 rings (SSSR count). The molecule has 1 saturated carbocycles. The minimum atomic E-state index is -0.293. The summed E-state index contributed by atoms with van der Waals surface area (Å²) in [4.78, 5) is 22.2. The van der Waals surface area contributed by atoms with Crippen LogP contribution in [0.2, 0.25) is 0 Å². The van der Waals surface area contributed by atoms with Crippen LogP contribution >= 0.6 is 0 Å². The number of nitrogens with zero attached hydrogens (tertiary/aromatic N) is 2. The molecule has 148 valence electrons. The maximum absolute atomic E-state index is 12.5. The fraction of sp³-hybridized carbons (Fsp3) is 0.524. The summed E-state index contributed by atoms with van der Waals surface area (Å²) < 4.78 is 5.78. The van der Waals surface area contributed by atoms with Crippen molar-refractivity contribution in [3.05, 3.63) is 34.4 Å². The molecule has 2 fully saturated rings. The molecule has 2 aromatic heterocycles. The van der Waals surface area contributed by atoms with Gasteiger partial charge in [0.05, 0.1) is 12.6 Å². The van der Waals surface area contributed by atoms with Gasteiger partial charge in [0, 0.05) is 30.2 Å². The molecule has 3 N–H and O–H groups in total. The molecule has 0 bridgehead atoms. The van der Waals surface area contributed by atoms with Crippen molar-refractivity contribution in [2.24, 2.45) is 0 Å². The van der Waals surface area contributed by atoms with Gasteiger partial charge in [-0.15, -0.1) is 0 Å². The van der Waals surface area contributed by atoms with E-state index in [-0.39, 0.29) is 17.2 Å². The summed E-state index contributed by atoms with van der Waals surface area (Å²) in [5, 5.41) is 14.2. The molecule has 3 aromatic rings. The average Bonchev–Trinajstić information content (AvgIpc) is 3.26. The number of aromatic nitrogens is 2. The molecule has 28 heavy (non-hydrogen) atoms. The molecule has 0 unspecified atom stereocenters. The van der Waals surface area contributed by atoms with Gasteiger partial charge >= 0.3 is 0 Å². The van der Waals surface area contributed by atoms with Crippen LogP contribution in [0.1, 0.15) is 44.3 Å². The number of aliphatic hydroxyl groups excluding tert-OH is 1. The molecular formula is C21H26N4O3. The third kappa shape index (κ3) is 3.40. The van der Waals surface area contributed by atoms with Crippen molar-refractivity contribution in [1.82, 2.24) is 14.9 Å². The lowest BCUT2D eigenvalue weighted by molar-refractivity contribution is 0.174. The first kappa shape index (κ1) is 17.7. The highest BCUT2D eigenvalue weighted by Gasteiger charge is 2.22. The van der Waals surface area contributed by atoms with Crippen molar-refractivity contribution in [1.29, 1.82) is 0 Å². The minimum absolute atomic E-state index is 0.252. The first-order valence-corrected chi connectivity index (χ1v) is 10.3. The van der Waals surface area contributed by atoms with Gasteiger partial charge in [0.15, 0.2) is 0 Å². The van der Waals surface area contributed by atoms with Gasteiger partial charge in [-0.2, -0.15) is 0 Å². The molecule has 7 nitrogen and oxygen atoms in total. The van der Waals surface area contributed by atoms with Crippen LogP contribution in [-0.4, -0.2) is 45.2 Å². The lowest BCUT2D eigenvalue weighted by atomic mass is 9.95. The number of fused-ring (bicyclic) bond motifs is 3. The topological polar surface area (TPSA) is 94.4 Å². The zero-order valence-electron chi connectivity index (χ0n) is 15.9. The monoisotopic (exact) mass is 382 g/mol. The number of hydrogen-bond acceptors (Lipinski definition) is 6. The Balaban J connectivity index is 1.48. The smallest absolute Gasteiger partial charge is 0.294 e. The Morgan fingerprint density at radius 1 is 1.25 bits per heavy atom. The lowest BCUT2D eigenvalue weighted by Gasteiger charge is -2.23. The van der Waals surface area contributed by atoms with Crippen molar-refractivity contribution in [3.8, 4) is 0 Å². The zero-order chi connectivity index (χ0) is 19.1. The van der Waals surface area contributed by atoms with E-state index in [1.54, 1.807) is 0 Å². The number of H-pyrrole nitrogens is 1. The zero-order valence-corrected chi connectivity index (χ0v) is 15.9. The second-order valence-corrected chi connectivity index (χ2v) is 8.16. The average molecular weight is 382 g/mol. The number of β-amino-alcohol motifs (C(OH)–C–C–N with tert-alkyl or cyclic N) is 1. The fourth-order valence-electron chi connectivity index (χ4n) is 4.52. The Morgan fingerprint density at radius 2 is 2.11 bits per heavy atom. The number of anilines is 1. The van der Waals surface area contributed by atoms with E-state index < -0.39 is 0 Å². The van der Waals surface area contributed by atoms with Gasteiger partial charge < -0.3 is 19.8 Å². The summed E-state index contributed by atoms with van der Waals surface area (Å²) in [5.41, 5.74) is 2.36. The van der Waals surface area contributed by atoms with Gasteiger partial charge in [0.1, 0.15) is 16.9 Å². The van der Waals surface area contributed by atoms with E-state index in [4.69, 9.17) is 9.40 Å². The molecule has 1 atom stereocenters. The third-order valence-electron chi connectivity index (χ3n) is 5.97. The van der Waals surface area contributed by atoms with Gasteiger partial charge in [-0.1, -0.05) is 19.3 Å². The standard InChI is InChI=1S/C21H26N4O3/c26-15-8-9-25(11-15)12-18-23-19-16-10-14(22-13-4-2-1-3-5-13)6-7-17(16)28-20(19)21(27)24-18/h6-7,10,13,15,22,26H,1-5,8-9,11-12H2,(H,23,24,27)/t15-/m0/s1. The van der Waals surface area contributed by atoms with Crippen LogP contribution in [0.25, 0.3) is 22.1 Å². The number of aliphatic hydroxyl groups is 1. The molecule has 1 aromatic carbocycles. The van der Waals surface area contributed by atoms with Crippen molar-refractivity contribution in [2.45, 2.75) is 57.2 Å². The largest absolute Gasteiger partial charge is 0.449 e. The Bertz CT molecular complexity index is 1050. The minimum Gasteiger partial charge on any atom is -0.449 e. The Kier molecular flexibility index (Phi) is 4.56. The van der Waals surface area contributed by atoms with Gasteiger partial charge in [-0.05, 0) is 37.5 Å². The molecule has 1 saturated heterocycles. The van der Waals surface area contributed by atoms with E-state index in [0.717, 1.165) is 24.0 Å². The van der Waals surface area contributed by atoms with Crippen LogP contribution in [0.4, 0.5) is 5.69 Å². The highest BCUT2D eigenvalue weighted by molar-refractivity contribution is 6.03. The van der Waals surface area contributed by atoms with Crippen LogP contribution < -0.4 is 10.9 Å². The molecule has 1 aliphatic heterocycles. The van der Waals surface area contributed by atoms with Crippen molar-refractivity contribution in [2.75, 3.05) is 18.4 Å². The van der Waals surface area contributed by atoms with E-state index >= 15 is 0 Å². The van der Waals surface area contributed by atoms with Crippen LogP contribution in [-0.2, 0) is 6.54 Å². The van der Waals surface area contributed by atoms with Crippen molar-refractivity contribution < 1.29 is 9.52 Å². The molecule has 0 spiro atoms.